The van der Waals surface area contributed by atoms with Gasteiger partial charge < -0.3 is 5.32 Å². The standard InChI is InChI=1S/C14H22N2O.C2H6/c1-4-6-13(5-2)11-16-9-7-14(8-10-16)15-12(3)17;1-2/h4-6,14H,1-2,7-11H2,3H3,(H,15,17);1-2H3/b13-6+;. The van der Waals surface area contributed by atoms with Gasteiger partial charge in [0.15, 0.2) is 0 Å². The summed E-state index contributed by atoms with van der Waals surface area (Å²) < 4.78 is 0. The van der Waals surface area contributed by atoms with Gasteiger partial charge in [-0.2, -0.15) is 0 Å². The average Bonchev–Trinajstić information content (AvgIpc) is 2.42. The van der Waals surface area contributed by atoms with Crippen LogP contribution in [0.5, 0.6) is 0 Å². The molecule has 1 heterocycles. The number of likely N-dealkylation sites (tertiary alicyclic amines) is 1. The lowest BCUT2D eigenvalue weighted by molar-refractivity contribution is -0.119. The highest BCUT2D eigenvalue weighted by Crippen LogP contribution is 2.12. The van der Waals surface area contributed by atoms with Crippen LogP contribution in [0.25, 0.3) is 0 Å². The van der Waals surface area contributed by atoms with Crippen LogP contribution in [-0.4, -0.2) is 36.5 Å². The Morgan fingerprint density at radius 2 is 1.89 bits per heavy atom. The molecule has 0 aliphatic carbocycles. The van der Waals surface area contributed by atoms with Crippen molar-refractivity contribution in [3.8, 4) is 0 Å². The second-order valence-corrected chi connectivity index (χ2v) is 4.43. The van der Waals surface area contributed by atoms with E-state index in [0.29, 0.717) is 6.04 Å². The Balaban J connectivity index is 0.00000154. The molecular formula is C16H28N2O. The smallest absolute Gasteiger partial charge is 0.217 e. The van der Waals surface area contributed by atoms with E-state index in [2.05, 4.69) is 23.4 Å². The van der Waals surface area contributed by atoms with Crippen LogP contribution in [0, 0.1) is 0 Å². The van der Waals surface area contributed by atoms with Gasteiger partial charge in [-0.25, -0.2) is 0 Å². The van der Waals surface area contributed by atoms with E-state index < -0.39 is 0 Å². The van der Waals surface area contributed by atoms with Gasteiger partial charge in [0.1, 0.15) is 0 Å². The minimum absolute atomic E-state index is 0.0711. The van der Waals surface area contributed by atoms with Gasteiger partial charge in [0.2, 0.25) is 5.91 Å². The number of amides is 1. The number of nitrogens with zero attached hydrogens (tertiary/aromatic N) is 1. The van der Waals surface area contributed by atoms with Crippen LogP contribution in [0.1, 0.15) is 33.6 Å². The maximum absolute atomic E-state index is 10.9. The van der Waals surface area contributed by atoms with Gasteiger partial charge in [-0.05, 0) is 18.4 Å². The van der Waals surface area contributed by atoms with Crippen molar-refractivity contribution in [2.45, 2.75) is 39.7 Å². The topological polar surface area (TPSA) is 32.3 Å². The van der Waals surface area contributed by atoms with E-state index in [1.165, 1.54) is 5.57 Å². The Morgan fingerprint density at radius 1 is 1.32 bits per heavy atom. The molecule has 3 heteroatoms. The summed E-state index contributed by atoms with van der Waals surface area (Å²) in [6.45, 7) is 16.0. The summed E-state index contributed by atoms with van der Waals surface area (Å²) >= 11 is 0. The summed E-state index contributed by atoms with van der Waals surface area (Å²) in [5.74, 6) is 0.0711. The normalized spacial score (nSPS) is 17.1. The van der Waals surface area contributed by atoms with Crippen molar-refractivity contribution in [2.75, 3.05) is 19.6 Å². The highest BCUT2D eigenvalue weighted by Gasteiger charge is 2.19. The number of hydrogen-bond donors (Lipinski definition) is 1. The van der Waals surface area contributed by atoms with Gasteiger partial charge in [-0.15, -0.1) is 0 Å². The zero-order valence-electron chi connectivity index (χ0n) is 12.6. The molecule has 108 valence electrons. The van der Waals surface area contributed by atoms with Gasteiger partial charge in [0.25, 0.3) is 0 Å². The Labute approximate surface area is 118 Å². The molecule has 1 amide bonds. The molecule has 0 atom stereocenters. The predicted octanol–water partition coefficient (Wildman–Crippen LogP) is 2.91. The Kier molecular flexibility index (Phi) is 9.81. The van der Waals surface area contributed by atoms with E-state index in [1.54, 1.807) is 13.0 Å². The molecule has 0 aromatic rings. The van der Waals surface area contributed by atoms with Gasteiger partial charge in [-0.1, -0.05) is 45.2 Å². The summed E-state index contributed by atoms with van der Waals surface area (Å²) in [7, 11) is 0. The third-order valence-corrected chi connectivity index (χ3v) is 3.00. The molecule has 1 rings (SSSR count). The van der Waals surface area contributed by atoms with Crippen LogP contribution in [0.3, 0.4) is 0 Å². The molecule has 1 fully saturated rings. The van der Waals surface area contributed by atoms with Gasteiger partial charge in [-0.3, -0.25) is 9.69 Å². The third kappa shape index (κ3) is 7.62. The minimum atomic E-state index is 0.0711. The lowest BCUT2D eigenvalue weighted by Gasteiger charge is -2.32. The van der Waals surface area contributed by atoms with Gasteiger partial charge in [0, 0.05) is 32.6 Å². The molecule has 0 saturated carbocycles. The predicted molar refractivity (Wildman–Crippen MR) is 83.1 cm³/mol. The van der Waals surface area contributed by atoms with E-state index in [-0.39, 0.29) is 5.91 Å². The molecular weight excluding hydrogens is 236 g/mol. The zero-order valence-corrected chi connectivity index (χ0v) is 12.6. The monoisotopic (exact) mass is 264 g/mol. The van der Waals surface area contributed by atoms with Crippen molar-refractivity contribution in [3.63, 3.8) is 0 Å². The first kappa shape index (κ1) is 17.6. The fourth-order valence-corrected chi connectivity index (χ4v) is 2.12. The molecule has 0 unspecified atom stereocenters. The molecule has 1 aliphatic rings. The van der Waals surface area contributed by atoms with Crippen molar-refractivity contribution >= 4 is 5.91 Å². The Morgan fingerprint density at radius 3 is 2.32 bits per heavy atom. The molecule has 0 aromatic carbocycles. The number of carbonyl (C=O) groups excluding carboxylic acids is 1. The van der Waals surface area contributed by atoms with E-state index in [0.717, 1.165) is 32.5 Å². The number of carbonyl (C=O) groups is 1. The van der Waals surface area contributed by atoms with Crippen molar-refractivity contribution < 1.29 is 4.79 Å². The van der Waals surface area contributed by atoms with Crippen molar-refractivity contribution in [1.29, 1.82) is 0 Å². The lowest BCUT2D eigenvalue weighted by Crippen LogP contribution is -2.44. The SMILES string of the molecule is C=C/C=C(\C=C)CN1CCC(NC(C)=O)CC1.CC. The van der Waals surface area contributed by atoms with Crippen LogP contribution < -0.4 is 5.32 Å². The first-order chi connectivity index (χ1) is 9.15. The van der Waals surface area contributed by atoms with E-state index in [9.17, 15) is 4.79 Å². The van der Waals surface area contributed by atoms with Crippen LogP contribution in [0.2, 0.25) is 0 Å². The number of hydrogen-bond acceptors (Lipinski definition) is 2. The van der Waals surface area contributed by atoms with Crippen molar-refractivity contribution in [1.82, 2.24) is 10.2 Å². The summed E-state index contributed by atoms with van der Waals surface area (Å²) in [5.41, 5.74) is 1.19. The maximum atomic E-state index is 10.9. The summed E-state index contributed by atoms with van der Waals surface area (Å²) in [5, 5.41) is 2.98. The second kappa shape index (κ2) is 10.6. The first-order valence-corrected chi connectivity index (χ1v) is 7.09. The molecule has 0 bridgehead atoms. The highest BCUT2D eigenvalue weighted by atomic mass is 16.1. The molecule has 0 aromatic heterocycles. The minimum Gasteiger partial charge on any atom is -0.354 e. The maximum Gasteiger partial charge on any atom is 0.217 e. The molecule has 0 spiro atoms. The Bertz CT molecular complexity index is 313. The van der Waals surface area contributed by atoms with Crippen LogP contribution >= 0.6 is 0 Å². The highest BCUT2D eigenvalue weighted by molar-refractivity contribution is 5.73. The lowest BCUT2D eigenvalue weighted by atomic mass is 10.0. The molecule has 1 aliphatic heterocycles. The van der Waals surface area contributed by atoms with E-state index in [1.807, 2.05) is 26.0 Å². The van der Waals surface area contributed by atoms with Crippen molar-refractivity contribution in [2.24, 2.45) is 0 Å². The number of nitrogens with one attached hydrogen (secondary N) is 1. The molecule has 1 saturated heterocycles. The number of rotatable bonds is 5. The van der Waals surface area contributed by atoms with Crippen LogP contribution in [-0.2, 0) is 4.79 Å². The number of piperidine rings is 1. The van der Waals surface area contributed by atoms with E-state index >= 15 is 0 Å². The summed E-state index contributed by atoms with van der Waals surface area (Å²) in [6.07, 6.45) is 7.71. The molecule has 0 radical (unpaired) electrons. The fourth-order valence-electron chi connectivity index (χ4n) is 2.12. The van der Waals surface area contributed by atoms with Gasteiger partial charge in [0.05, 0.1) is 0 Å². The van der Waals surface area contributed by atoms with Gasteiger partial charge >= 0.3 is 0 Å². The molecule has 19 heavy (non-hydrogen) atoms. The first-order valence-electron chi connectivity index (χ1n) is 7.09. The third-order valence-electron chi connectivity index (χ3n) is 3.00. The average molecular weight is 264 g/mol. The molecule has 3 nitrogen and oxygen atoms in total. The second-order valence-electron chi connectivity index (χ2n) is 4.43. The van der Waals surface area contributed by atoms with Crippen LogP contribution in [0.4, 0.5) is 0 Å². The zero-order chi connectivity index (χ0) is 14.7. The summed E-state index contributed by atoms with van der Waals surface area (Å²) in [6, 6.07) is 0.347. The largest absolute Gasteiger partial charge is 0.354 e. The quantitative estimate of drug-likeness (QED) is 0.774. The Hall–Kier alpha value is -1.35. The van der Waals surface area contributed by atoms with Crippen LogP contribution in [0.15, 0.2) is 37.0 Å². The summed E-state index contributed by atoms with van der Waals surface area (Å²) in [4.78, 5) is 13.3. The molecule has 1 N–H and O–H groups in total. The number of allylic oxidation sites excluding steroid dienone is 2. The fraction of sp³-hybridized carbons (Fsp3) is 0.562. The van der Waals surface area contributed by atoms with Crippen molar-refractivity contribution in [3.05, 3.63) is 37.0 Å². The van der Waals surface area contributed by atoms with E-state index in [4.69, 9.17) is 0 Å².